The first-order valence-electron chi connectivity index (χ1n) is 5.97. The van der Waals surface area contributed by atoms with Gasteiger partial charge in [0.15, 0.2) is 11.5 Å². The summed E-state index contributed by atoms with van der Waals surface area (Å²) in [6.45, 7) is 0. The Morgan fingerprint density at radius 2 is 2.19 bits per heavy atom. The minimum absolute atomic E-state index is 0.0264. The van der Waals surface area contributed by atoms with Gasteiger partial charge in [-0.2, -0.15) is 5.10 Å². The second-order valence-corrected chi connectivity index (χ2v) is 5.21. The molecule has 21 heavy (non-hydrogen) atoms. The van der Waals surface area contributed by atoms with Gasteiger partial charge in [0.05, 0.1) is 13.3 Å². The summed E-state index contributed by atoms with van der Waals surface area (Å²) >= 11 is 6.59. The van der Waals surface area contributed by atoms with Crippen LogP contribution in [0.2, 0.25) is 0 Å². The number of hydrogen-bond donors (Lipinski definition) is 2. The third-order valence-electron chi connectivity index (χ3n) is 2.47. The quantitative estimate of drug-likeness (QED) is 0.517. The molecule has 7 heteroatoms. The molecule has 0 saturated heterocycles. The van der Waals surface area contributed by atoms with Crippen LogP contribution >= 0.6 is 23.6 Å². The molecular weight excluding hydrogens is 306 g/mol. The Hall–Kier alpha value is -2.25. The fourth-order valence-corrected chi connectivity index (χ4v) is 2.17. The van der Waals surface area contributed by atoms with Crippen molar-refractivity contribution >= 4 is 41.1 Å². The van der Waals surface area contributed by atoms with Gasteiger partial charge in [-0.15, -0.1) is 11.3 Å². The number of para-hydroxylation sites is 1. The van der Waals surface area contributed by atoms with E-state index in [1.165, 1.54) is 13.3 Å². The molecular formula is C14H13N3O2S2. The smallest absolute Gasteiger partial charge is 0.213 e. The highest BCUT2D eigenvalue weighted by atomic mass is 32.1. The number of phenols is 1. The molecule has 1 aromatic heterocycles. The predicted molar refractivity (Wildman–Crippen MR) is 89.9 cm³/mol. The van der Waals surface area contributed by atoms with Gasteiger partial charge in [-0.05, 0) is 35.8 Å². The Morgan fingerprint density at radius 3 is 2.90 bits per heavy atom. The Kier molecular flexibility index (Phi) is 5.42. The standard InChI is InChI=1S/C14H13N3O2S2/c1-19-12-6-2-4-10(13(12)18)8-16-17-14(20)15-9-11-5-3-7-21-11/h2-9,18H,1H3,(H,17,20)/b15-9+,16-8+. The van der Waals surface area contributed by atoms with Gasteiger partial charge in [-0.1, -0.05) is 12.1 Å². The van der Waals surface area contributed by atoms with E-state index in [4.69, 9.17) is 17.0 Å². The first kappa shape index (κ1) is 15.1. The molecule has 108 valence electrons. The fraction of sp³-hybridized carbons (Fsp3) is 0.0714. The molecule has 0 aliphatic carbocycles. The summed E-state index contributed by atoms with van der Waals surface area (Å²) < 4.78 is 5.01. The third kappa shape index (κ3) is 4.37. The van der Waals surface area contributed by atoms with Crippen LogP contribution in [0.4, 0.5) is 0 Å². The summed E-state index contributed by atoms with van der Waals surface area (Å²) in [6.07, 6.45) is 3.11. The molecule has 0 aliphatic heterocycles. The minimum atomic E-state index is 0.0264. The second-order valence-electron chi connectivity index (χ2n) is 3.85. The number of hydrazone groups is 1. The third-order valence-corrected chi connectivity index (χ3v) is 3.47. The molecule has 0 spiro atoms. The molecule has 0 atom stereocenters. The van der Waals surface area contributed by atoms with E-state index in [9.17, 15) is 5.11 Å². The van der Waals surface area contributed by atoms with E-state index in [2.05, 4.69) is 15.5 Å². The lowest BCUT2D eigenvalue weighted by Crippen LogP contribution is -2.12. The molecule has 0 amide bonds. The van der Waals surface area contributed by atoms with Crippen molar-refractivity contribution in [3.8, 4) is 11.5 Å². The van der Waals surface area contributed by atoms with E-state index in [1.54, 1.807) is 35.8 Å². The van der Waals surface area contributed by atoms with Gasteiger partial charge in [0.1, 0.15) is 0 Å². The number of ether oxygens (including phenoxy) is 1. The van der Waals surface area contributed by atoms with Gasteiger partial charge in [0, 0.05) is 16.7 Å². The van der Waals surface area contributed by atoms with Crippen LogP contribution in [-0.2, 0) is 0 Å². The number of thiocarbonyl (C=S) groups is 1. The topological polar surface area (TPSA) is 66.2 Å². The van der Waals surface area contributed by atoms with Crippen LogP contribution < -0.4 is 10.2 Å². The zero-order chi connectivity index (χ0) is 15.1. The average Bonchev–Trinajstić information content (AvgIpc) is 3.00. The average molecular weight is 319 g/mol. The molecule has 1 heterocycles. The lowest BCUT2D eigenvalue weighted by molar-refractivity contribution is 0.373. The largest absolute Gasteiger partial charge is 0.504 e. The number of methoxy groups -OCH3 is 1. The first-order chi connectivity index (χ1) is 10.2. The summed E-state index contributed by atoms with van der Waals surface area (Å²) in [4.78, 5) is 5.07. The lowest BCUT2D eigenvalue weighted by Gasteiger charge is -2.04. The molecule has 0 unspecified atom stereocenters. The molecule has 2 N–H and O–H groups in total. The molecule has 0 radical (unpaired) electrons. The number of thiophene rings is 1. The number of phenolic OH excluding ortho intramolecular Hbond substituents is 1. The number of nitrogens with zero attached hydrogens (tertiary/aromatic N) is 2. The molecule has 0 aliphatic rings. The number of nitrogens with one attached hydrogen (secondary N) is 1. The van der Waals surface area contributed by atoms with Crippen molar-refractivity contribution in [1.82, 2.24) is 5.43 Å². The molecule has 0 bridgehead atoms. The number of aliphatic imine (C=N–C) groups is 1. The maximum absolute atomic E-state index is 9.88. The number of aromatic hydroxyl groups is 1. The van der Waals surface area contributed by atoms with Gasteiger partial charge in [0.2, 0.25) is 5.11 Å². The maximum atomic E-state index is 9.88. The Bertz CT molecular complexity index is 667. The Morgan fingerprint density at radius 1 is 1.33 bits per heavy atom. The van der Waals surface area contributed by atoms with Gasteiger partial charge < -0.3 is 9.84 Å². The summed E-state index contributed by atoms with van der Waals surface area (Å²) in [7, 11) is 1.49. The highest BCUT2D eigenvalue weighted by Gasteiger charge is 2.04. The fourth-order valence-electron chi connectivity index (χ4n) is 1.48. The van der Waals surface area contributed by atoms with Crippen LogP contribution in [0.15, 0.2) is 45.8 Å². The van der Waals surface area contributed by atoms with Crippen molar-refractivity contribution in [1.29, 1.82) is 0 Å². The zero-order valence-electron chi connectivity index (χ0n) is 11.2. The van der Waals surface area contributed by atoms with Crippen LogP contribution in [-0.4, -0.2) is 29.8 Å². The highest BCUT2D eigenvalue weighted by Crippen LogP contribution is 2.27. The summed E-state index contributed by atoms with van der Waals surface area (Å²) in [5, 5.41) is 16.0. The van der Waals surface area contributed by atoms with Gasteiger partial charge in [-0.3, -0.25) is 5.43 Å². The van der Waals surface area contributed by atoms with Crippen molar-refractivity contribution in [2.45, 2.75) is 0 Å². The molecule has 0 fully saturated rings. The second kappa shape index (κ2) is 7.51. The number of benzene rings is 1. The normalized spacial score (nSPS) is 11.1. The molecule has 2 rings (SSSR count). The zero-order valence-corrected chi connectivity index (χ0v) is 12.8. The van der Waals surface area contributed by atoms with Gasteiger partial charge >= 0.3 is 0 Å². The van der Waals surface area contributed by atoms with Crippen LogP contribution in [0.25, 0.3) is 0 Å². The van der Waals surface area contributed by atoms with Crippen LogP contribution in [0.3, 0.4) is 0 Å². The van der Waals surface area contributed by atoms with E-state index in [0.29, 0.717) is 11.3 Å². The Balaban J connectivity index is 1.95. The summed E-state index contributed by atoms with van der Waals surface area (Å²) in [5.41, 5.74) is 3.13. The Labute approximate surface area is 131 Å². The van der Waals surface area contributed by atoms with Crippen molar-refractivity contribution in [2.24, 2.45) is 10.1 Å². The van der Waals surface area contributed by atoms with Crippen molar-refractivity contribution in [2.75, 3.05) is 7.11 Å². The first-order valence-corrected chi connectivity index (χ1v) is 7.26. The highest BCUT2D eigenvalue weighted by molar-refractivity contribution is 7.80. The number of rotatable bonds is 4. The van der Waals surface area contributed by atoms with Gasteiger partial charge in [-0.25, -0.2) is 4.99 Å². The van der Waals surface area contributed by atoms with E-state index >= 15 is 0 Å². The minimum Gasteiger partial charge on any atom is -0.504 e. The lowest BCUT2D eigenvalue weighted by atomic mass is 10.2. The van der Waals surface area contributed by atoms with Crippen LogP contribution in [0, 0.1) is 0 Å². The van der Waals surface area contributed by atoms with Crippen molar-refractivity contribution < 1.29 is 9.84 Å². The van der Waals surface area contributed by atoms with E-state index in [0.717, 1.165) is 4.88 Å². The molecule has 1 aromatic carbocycles. The van der Waals surface area contributed by atoms with E-state index < -0.39 is 0 Å². The summed E-state index contributed by atoms with van der Waals surface area (Å²) in [5.74, 6) is 0.413. The SMILES string of the molecule is COc1cccc(/C=N/NC(=S)/N=C/c2cccs2)c1O. The van der Waals surface area contributed by atoms with E-state index in [-0.39, 0.29) is 10.9 Å². The van der Waals surface area contributed by atoms with Crippen LogP contribution in [0.1, 0.15) is 10.4 Å². The molecule has 5 nitrogen and oxygen atoms in total. The van der Waals surface area contributed by atoms with Gasteiger partial charge in [0.25, 0.3) is 0 Å². The molecule has 0 saturated carbocycles. The van der Waals surface area contributed by atoms with Crippen LogP contribution in [0.5, 0.6) is 11.5 Å². The number of hydrogen-bond acceptors (Lipinski definition) is 5. The molecule has 2 aromatic rings. The van der Waals surface area contributed by atoms with E-state index in [1.807, 2.05) is 17.5 Å². The van der Waals surface area contributed by atoms with Crippen molar-refractivity contribution in [3.63, 3.8) is 0 Å². The monoisotopic (exact) mass is 319 g/mol. The van der Waals surface area contributed by atoms with Crippen molar-refractivity contribution in [3.05, 3.63) is 46.2 Å². The summed E-state index contributed by atoms with van der Waals surface area (Å²) in [6, 6.07) is 9.00. The predicted octanol–water partition coefficient (Wildman–Crippen LogP) is 2.79. The maximum Gasteiger partial charge on any atom is 0.213 e.